The molecule has 3 heterocycles. The zero-order valence-electron chi connectivity index (χ0n) is 15.7. The summed E-state index contributed by atoms with van der Waals surface area (Å²) in [6, 6.07) is 5.17. The van der Waals surface area contributed by atoms with Gasteiger partial charge in [0.25, 0.3) is 5.56 Å². The highest BCUT2D eigenvalue weighted by Gasteiger charge is 2.32. The maximum absolute atomic E-state index is 14.6. The predicted molar refractivity (Wildman–Crippen MR) is 102 cm³/mol. The lowest BCUT2D eigenvalue weighted by atomic mass is 10.2. The smallest absolute Gasteiger partial charge is 0.266 e. The van der Waals surface area contributed by atoms with Crippen LogP contribution < -0.4 is 5.56 Å². The highest BCUT2D eigenvalue weighted by Crippen LogP contribution is 2.25. The molecule has 0 aliphatic carbocycles. The van der Waals surface area contributed by atoms with Gasteiger partial charge in [0.2, 0.25) is 5.65 Å². The number of rotatable bonds is 4. The maximum Gasteiger partial charge on any atom is 0.400 e. The molecule has 4 rings (SSSR count). The van der Waals surface area contributed by atoms with Gasteiger partial charge < -0.3 is 0 Å². The maximum atomic E-state index is 14.6. The molecule has 1 aromatic carbocycles. The molecule has 31 heavy (non-hydrogen) atoms. The van der Waals surface area contributed by atoms with E-state index in [1.54, 1.807) is 18.3 Å². The van der Waals surface area contributed by atoms with E-state index in [4.69, 9.17) is 0 Å². The Hall–Kier alpha value is -3.48. The van der Waals surface area contributed by atoms with Crippen molar-refractivity contribution in [2.45, 2.75) is 18.0 Å². The molecule has 0 aliphatic rings. The van der Waals surface area contributed by atoms with Crippen molar-refractivity contribution < 1.29 is 21.8 Å². The summed E-state index contributed by atoms with van der Waals surface area (Å²) in [5, 5.41) is 11.6. The van der Waals surface area contributed by atoms with E-state index in [1.165, 1.54) is 24.0 Å². The third kappa shape index (κ3) is 4.08. The van der Waals surface area contributed by atoms with Crippen molar-refractivity contribution in [2.24, 2.45) is 0 Å². The van der Waals surface area contributed by atoms with Crippen LogP contribution in [0.5, 0.6) is 0 Å². The van der Waals surface area contributed by atoms with Crippen LogP contribution in [-0.4, -0.2) is 45.9 Å². The first-order valence-corrected chi connectivity index (χ1v) is 9.97. The number of benzene rings is 1. The quantitative estimate of drug-likeness (QED) is 0.442. The van der Waals surface area contributed by atoms with Gasteiger partial charge in [-0.05, 0) is 36.8 Å². The molecule has 0 fully saturated rings. The number of aromatic nitrogens is 6. The van der Waals surface area contributed by atoms with Crippen molar-refractivity contribution in [3.8, 4) is 11.4 Å². The Kier molecular flexibility index (Phi) is 5.13. The Bertz CT molecular complexity index is 1370. The van der Waals surface area contributed by atoms with Crippen LogP contribution in [-0.2, 0) is 10.8 Å². The Morgan fingerprint density at radius 2 is 2.00 bits per heavy atom. The molecule has 0 spiro atoms. The van der Waals surface area contributed by atoms with Crippen LogP contribution in [0.15, 0.2) is 52.5 Å². The van der Waals surface area contributed by atoms with Crippen molar-refractivity contribution in [3.63, 3.8) is 0 Å². The molecule has 4 aromatic rings. The van der Waals surface area contributed by atoms with Gasteiger partial charge in [-0.2, -0.15) is 17.9 Å². The summed E-state index contributed by atoms with van der Waals surface area (Å²) < 4.78 is 66.6. The first-order chi connectivity index (χ1) is 14.6. The first kappa shape index (κ1) is 20.8. The molecule has 8 nitrogen and oxygen atoms in total. The lowest BCUT2D eigenvalue weighted by Gasteiger charge is -2.12. The standard InChI is InChI=1S/C18H12F4N6O2S/c1-10-5-13(19)14(6-15(10)31(30)9-18(20,21)22)28-17(29)12-8-27(25-16(12)24-26-28)11-3-2-4-23-7-11/h2-8H,9H2,1H3. The lowest BCUT2D eigenvalue weighted by molar-refractivity contribution is -0.105. The molecule has 0 bridgehead atoms. The Balaban J connectivity index is 1.83. The van der Waals surface area contributed by atoms with Crippen LogP contribution in [0, 0.1) is 12.7 Å². The van der Waals surface area contributed by atoms with Gasteiger partial charge >= 0.3 is 6.18 Å². The normalized spacial score (nSPS) is 12.9. The second kappa shape index (κ2) is 7.65. The zero-order valence-corrected chi connectivity index (χ0v) is 16.5. The summed E-state index contributed by atoms with van der Waals surface area (Å²) in [4.78, 5) is 16.6. The summed E-state index contributed by atoms with van der Waals surface area (Å²) in [5.41, 5.74) is -0.688. The van der Waals surface area contributed by atoms with Gasteiger partial charge in [-0.25, -0.2) is 9.07 Å². The number of nitrogens with zero attached hydrogens (tertiary/aromatic N) is 6. The number of hydrogen-bond donors (Lipinski definition) is 0. The van der Waals surface area contributed by atoms with Crippen LogP contribution >= 0.6 is 0 Å². The summed E-state index contributed by atoms with van der Waals surface area (Å²) >= 11 is 0. The van der Waals surface area contributed by atoms with Gasteiger partial charge in [0.15, 0.2) is 0 Å². The molecule has 3 aromatic heterocycles. The second-order valence-corrected chi connectivity index (χ2v) is 7.92. The highest BCUT2D eigenvalue weighted by atomic mass is 32.2. The van der Waals surface area contributed by atoms with Crippen molar-refractivity contribution in [1.29, 1.82) is 0 Å². The van der Waals surface area contributed by atoms with E-state index in [0.29, 0.717) is 10.4 Å². The van der Waals surface area contributed by atoms with E-state index in [9.17, 15) is 26.6 Å². The number of alkyl halides is 3. The molecular weight excluding hydrogens is 440 g/mol. The second-order valence-electron chi connectivity index (χ2n) is 6.50. The minimum atomic E-state index is -4.68. The van der Waals surface area contributed by atoms with E-state index in [-0.39, 0.29) is 21.5 Å². The van der Waals surface area contributed by atoms with Gasteiger partial charge in [-0.3, -0.25) is 14.0 Å². The van der Waals surface area contributed by atoms with E-state index in [2.05, 4.69) is 20.4 Å². The molecule has 1 atom stereocenters. The van der Waals surface area contributed by atoms with E-state index in [1.807, 2.05) is 0 Å². The highest BCUT2D eigenvalue weighted by molar-refractivity contribution is 7.85. The average molecular weight is 452 g/mol. The Morgan fingerprint density at radius 1 is 1.23 bits per heavy atom. The van der Waals surface area contributed by atoms with E-state index < -0.39 is 39.8 Å². The molecule has 13 heteroatoms. The van der Waals surface area contributed by atoms with Crippen molar-refractivity contribution in [2.75, 3.05) is 5.75 Å². The van der Waals surface area contributed by atoms with Crippen LogP contribution in [0.4, 0.5) is 17.6 Å². The summed E-state index contributed by atoms with van der Waals surface area (Å²) in [6.45, 7) is 1.33. The first-order valence-electron chi connectivity index (χ1n) is 8.65. The van der Waals surface area contributed by atoms with E-state index in [0.717, 1.165) is 12.1 Å². The van der Waals surface area contributed by atoms with Crippen molar-refractivity contribution >= 4 is 21.8 Å². The van der Waals surface area contributed by atoms with Crippen LogP contribution in [0.2, 0.25) is 0 Å². The fraction of sp³-hybridized carbons (Fsp3) is 0.167. The molecule has 0 radical (unpaired) electrons. The number of halogens is 4. The lowest BCUT2D eigenvalue weighted by Crippen LogP contribution is -2.24. The van der Waals surface area contributed by atoms with Crippen LogP contribution in [0.25, 0.3) is 22.4 Å². The number of fused-ring (bicyclic) bond motifs is 1. The molecule has 0 saturated carbocycles. The molecule has 0 amide bonds. The molecule has 0 saturated heterocycles. The minimum absolute atomic E-state index is 0.00297. The van der Waals surface area contributed by atoms with Crippen molar-refractivity contribution in [1.82, 2.24) is 29.8 Å². The molecule has 0 N–H and O–H groups in total. The minimum Gasteiger partial charge on any atom is -0.266 e. The monoisotopic (exact) mass is 452 g/mol. The Labute approximate surface area is 173 Å². The van der Waals surface area contributed by atoms with Gasteiger partial charge in [-0.15, -0.1) is 10.2 Å². The Morgan fingerprint density at radius 3 is 2.68 bits per heavy atom. The SMILES string of the molecule is Cc1cc(F)c(-n2nnc3nn(-c4cccnc4)cc3c2=O)cc1S(=O)CC(F)(F)F. The van der Waals surface area contributed by atoms with Gasteiger partial charge in [0.05, 0.1) is 22.7 Å². The fourth-order valence-electron chi connectivity index (χ4n) is 2.89. The molecule has 0 aliphatic heterocycles. The van der Waals surface area contributed by atoms with Gasteiger partial charge in [0, 0.05) is 17.3 Å². The molecule has 160 valence electrons. The molecular formula is C18H12F4N6O2S. The number of pyridine rings is 1. The number of hydrogen-bond acceptors (Lipinski definition) is 6. The zero-order chi connectivity index (χ0) is 22.3. The average Bonchev–Trinajstić information content (AvgIpc) is 3.14. The predicted octanol–water partition coefficient (Wildman–Crippen LogP) is 2.48. The third-order valence-electron chi connectivity index (χ3n) is 4.27. The van der Waals surface area contributed by atoms with Gasteiger partial charge in [0.1, 0.15) is 22.6 Å². The molecule has 1 unspecified atom stereocenters. The third-order valence-corrected chi connectivity index (χ3v) is 5.79. The fourth-order valence-corrected chi connectivity index (χ4v) is 4.00. The van der Waals surface area contributed by atoms with E-state index >= 15 is 0 Å². The van der Waals surface area contributed by atoms with Gasteiger partial charge in [-0.1, -0.05) is 5.21 Å². The van der Waals surface area contributed by atoms with Crippen LogP contribution in [0.3, 0.4) is 0 Å². The van der Waals surface area contributed by atoms with Crippen molar-refractivity contribution in [3.05, 3.63) is 64.6 Å². The summed E-state index contributed by atoms with van der Waals surface area (Å²) in [7, 11) is -2.49. The number of aryl methyl sites for hydroxylation is 1. The largest absolute Gasteiger partial charge is 0.400 e. The topological polar surface area (TPSA) is 95.6 Å². The summed E-state index contributed by atoms with van der Waals surface area (Å²) in [6.07, 6.45) is -0.267. The summed E-state index contributed by atoms with van der Waals surface area (Å²) in [5.74, 6) is -2.53. The van der Waals surface area contributed by atoms with Crippen LogP contribution in [0.1, 0.15) is 5.56 Å².